The van der Waals surface area contributed by atoms with Crippen molar-refractivity contribution in [3.8, 4) is 5.75 Å². The number of rotatable bonds is 1. The molecule has 0 saturated heterocycles. The molecule has 1 aliphatic rings. The van der Waals surface area contributed by atoms with E-state index < -0.39 is 0 Å². The smallest absolute Gasteiger partial charge is 0.161 e. The number of anilines is 1. The summed E-state index contributed by atoms with van der Waals surface area (Å²) in [6.07, 6.45) is 1.07. The molecule has 0 aliphatic carbocycles. The van der Waals surface area contributed by atoms with Crippen molar-refractivity contribution in [2.75, 3.05) is 18.7 Å². The van der Waals surface area contributed by atoms with E-state index in [1.807, 2.05) is 7.05 Å². The van der Waals surface area contributed by atoms with Crippen LogP contribution in [0.25, 0.3) is 0 Å². The summed E-state index contributed by atoms with van der Waals surface area (Å²) in [5.41, 5.74) is 2.54. The monoisotopic (exact) mass is 163 g/mol. The van der Waals surface area contributed by atoms with E-state index in [1.54, 1.807) is 0 Å². The minimum atomic E-state index is 0.683. The summed E-state index contributed by atoms with van der Waals surface area (Å²) >= 11 is 0. The Morgan fingerprint density at radius 2 is 2.33 bits per heavy atom. The first-order valence-corrected chi connectivity index (χ1v) is 4.28. The Bertz CT molecular complexity index is 296. The van der Waals surface area contributed by atoms with Crippen LogP contribution in [-0.4, -0.2) is 13.8 Å². The van der Waals surface area contributed by atoms with E-state index >= 15 is 0 Å². The second-order valence-corrected chi connectivity index (χ2v) is 3.13. The fourth-order valence-corrected chi connectivity index (χ4v) is 1.45. The van der Waals surface area contributed by atoms with Crippen molar-refractivity contribution in [2.24, 2.45) is 0 Å². The minimum Gasteiger partial charge on any atom is -0.471 e. The van der Waals surface area contributed by atoms with E-state index in [1.165, 1.54) is 11.3 Å². The lowest BCUT2D eigenvalue weighted by atomic mass is 10.1. The summed E-state index contributed by atoms with van der Waals surface area (Å²) in [6, 6.07) is 6.41. The van der Waals surface area contributed by atoms with Crippen molar-refractivity contribution >= 4 is 5.69 Å². The zero-order chi connectivity index (χ0) is 8.55. The van der Waals surface area contributed by atoms with Gasteiger partial charge < -0.3 is 9.64 Å². The van der Waals surface area contributed by atoms with Gasteiger partial charge in [-0.2, -0.15) is 0 Å². The highest BCUT2D eigenvalue weighted by atomic mass is 16.5. The van der Waals surface area contributed by atoms with Crippen molar-refractivity contribution < 1.29 is 4.74 Å². The van der Waals surface area contributed by atoms with Gasteiger partial charge in [-0.15, -0.1) is 0 Å². The molecule has 0 N–H and O–H groups in total. The fourth-order valence-electron chi connectivity index (χ4n) is 1.45. The molecule has 0 fully saturated rings. The maximum Gasteiger partial charge on any atom is 0.161 e. The van der Waals surface area contributed by atoms with Gasteiger partial charge in [0.15, 0.2) is 6.73 Å². The van der Waals surface area contributed by atoms with Gasteiger partial charge in [0, 0.05) is 7.05 Å². The van der Waals surface area contributed by atoms with Crippen LogP contribution in [0.3, 0.4) is 0 Å². The quantitative estimate of drug-likeness (QED) is 0.628. The lowest BCUT2D eigenvalue weighted by molar-refractivity contribution is 0.353. The van der Waals surface area contributed by atoms with Gasteiger partial charge in [0.2, 0.25) is 0 Å². The number of aryl methyl sites for hydroxylation is 1. The van der Waals surface area contributed by atoms with E-state index in [-0.39, 0.29) is 0 Å². The zero-order valence-corrected chi connectivity index (χ0v) is 7.50. The first kappa shape index (κ1) is 7.47. The summed E-state index contributed by atoms with van der Waals surface area (Å²) in [5.74, 6) is 1.02. The highest BCUT2D eigenvalue weighted by molar-refractivity contribution is 5.61. The van der Waals surface area contributed by atoms with Crippen LogP contribution < -0.4 is 9.64 Å². The van der Waals surface area contributed by atoms with Crippen LogP contribution in [0.2, 0.25) is 0 Å². The normalized spacial score (nSPS) is 14.3. The van der Waals surface area contributed by atoms with Crippen molar-refractivity contribution in [1.82, 2.24) is 0 Å². The third kappa shape index (κ3) is 1.04. The van der Waals surface area contributed by atoms with Gasteiger partial charge in [0.1, 0.15) is 5.75 Å². The molecule has 0 spiro atoms. The number of hydrogen-bond acceptors (Lipinski definition) is 2. The van der Waals surface area contributed by atoms with Crippen molar-refractivity contribution in [2.45, 2.75) is 13.3 Å². The predicted molar refractivity (Wildman–Crippen MR) is 49.7 cm³/mol. The van der Waals surface area contributed by atoms with E-state index in [0.29, 0.717) is 6.73 Å². The molecule has 0 radical (unpaired) electrons. The van der Waals surface area contributed by atoms with E-state index in [2.05, 4.69) is 30.0 Å². The first-order chi connectivity index (χ1) is 5.81. The number of nitrogens with zero attached hydrogens (tertiary/aromatic N) is 1. The number of hydrogen-bond donors (Lipinski definition) is 0. The number of ether oxygens (including phenoxy) is 1. The van der Waals surface area contributed by atoms with Gasteiger partial charge in [0.25, 0.3) is 0 Å². The third-order valence-corrected chi connectivity index (χ3v) is 2.26. The molecule has 0 saturated carbocycles. The largest absolute Gasteiger partial charge is 0.471 e. The fraction of sp³-hybridized carbons (Fsp3) is 0.400. The third-order valence-electron chi connectivity index (χ3n) is 2.26. The van der Waals surface area contributed by atoms with E-state index in [4.69, 9.17) is 4.74 Å². The zero-order valence-electron chi connectivity index (χ0n) is 7.50. The molecule has 1 heterocycles. The Morgan fingerprint density at radius 3 is 3.08 bits per heavy atom. The van der Waals surface area contributed by atoms with Crippen LogP contribution in [0.15, 0.2) is 18.2 Å². The van der Waals surface area contributed by atoms with Gasteiger partial charge >= 0.3 is 0 Å². The van der Waals surface area contributed by atoms with Crippen LogP contribution >= 0.6 is 0 Å². The Balaban J connectivity index is 2.41. The summed E-state index contributed by atoms with van der Waals surface area (Å²) in [4.78, 5) is 2.11. The van der Waals surface area contributed by atoms with Crippen molar-refractivity contribution in [3.63, 3.8) is 0 Å². The molecule has 2 rings (SSSR count). The van der Waals surface area contributed by atoms with Gasteiger partial charge in [-0.3, -0.25) is 0 Å². The molecule has 0 aromatic heterocycles. The Labute approximate surface area is 72.8 Å². The predicted octanol–water partition coefficient (Wildman–Crippen LogP) is 2.04. The van der Waals surface area contributed by atoms with Crippen molar-refractivity contribution in [3.05, 3.63) is 23.8 Å². The molecule has 2 heteroatoms. The van der Waals surface area contributed by atoms with Crippen LogP contribution in [0, 0.1) is 0 Å². The molecular formula is C10H13NO. The SMILES string of the molecule is CCc1ccc2c(c1)OCN2C. The van der Waals surface area contributed by atoms with Gasteiger partial charge in [-0.1, -0.05) is 13.0 Å². The van der Waals surface area contributed by atoms with Crippen LogP contribution in [0.5, 0.6) is 5.75 Å². The molecule has 0 bridgehead atoms. The standard InChI is InChI=1S/C10H13NO/c1-3-8-4-5-9-10(6-8)12-7-11(9)2/h4-6H,3,7H2,1-2H3. The summed E-state index contributed by atoms with van der Waals surface area (Å²) < 4.78 is 5.48. The second kappa shape index (κ2) is 2.70. The molecular weight excluding hydrogens is 150 g/mol. The lowest BCUT2D eigenvalue weighted by Gasteiger charge is -2.07. The average molecular weight is 163 g/mol. The Hall–Kier alpha value is -1.18. The minimum absolute atomic E-state index is 0.683. The maximum atomic E-state index is 5.48. The molecule has 0 unspecified atom stereocenters. The molecule has 1 aliphatic heterocycles. The molecule has 12 heavy (non-hydrogen) atoms. The molecule has 1 aromatic carbocycles. The van der Waals surface area contributed by atoms with Crippen molar-refractivity contribution in [1.29, 1.82) is 0 Å². The summed E-state index contributed by atoms with van der Waals surface area (Å²) in [6.45, 7) is 2.84. The average Bonchev–Trinajstić information content (AvgIpc) is 2.47. The molecule has 1 aromatic rings. The van der Waals surface area contributed by atoms with Crippen LogP contribution in [-0.2, 0) is 6.42 Å². The van der Waals surface area contributed by atoms with E-state index in [0.717, 1.165) is 12.2 Å². The lowest BCUT2D eigenvalue weighted by Crippen LogP contribution is -2.14. The van der Waals surface area contributed by atoms with Gasteiger partial charge in [-0.25, -0.2) is 0 Å². The summed E-state index contributed by atoms with van der Waals surface area (Å²) in [5, 5.41) is 0. The van der Waals surface area contributed by atoms with Crippen LogP contribution in [0.1, 0.15) is 12.5 Å². The highest BCUT2D eigenvalue weighted by Crippen LogP contribution is 2.33. The second-order valence-electron chi connectivity index (χ2n) is 3.13. The van der Waals surface area contributed by atoms with Gasteiger partial charge in [-0.05, 0) is 24.1 Å². The first-order valence-electron chi connectivity index (χ1n) is 4.28. The number of fused-ring (bicyclic) bond motifs is 1. The molecule has 2 nitrogen and oxygen atoms in total. The Kier molecular flexibility index (Phi) is 1.68. The topological polar surface area (TPSA) is 12.5 Å². The number of benzene rings is 1. The molecule has 0 atom stereocenters. The van der Waals surface area contributed by atoms with Crippen LogP contribution in [0.4, 0.5) is 5.69 Å². The summed E-state index contributed by atoms with van der Waals surface area (Å²) in [7, 11) is 2.04. The maximum absolute atomic E-state index is 5.48. The molecule has 64 valence electrons. The van der Waals surface area contributed by atoms with E-state index in [9.17, 15) is 0 Å². The Morgan fingerprint density at radius 1 is 1.50 bits per heavy atom. The highest BCUT2D eigenvalue weighted by Gasteiger charge is 2.15. The van der Waals surface area contributed by atoms with Gasteiger partial charge in [0.05, 0.1) is 5.69 Å². The molecule has 0 amide bonds.